The lowest BCUT2D eigenvalue weighted by molar-refractivity contribution is 0.225. The van der Waals surface area contributed by atoms with Crippen LogP contribution in [0.1, 0.15) is 38.2 Å². The Bertz CT molecular complexity index is 991. The quantitative estimate of drug-likeness (QED) is 0.564. The van der Waals surface area contributed by atoms with Crippen LogP contribution in [-0.2, 0) is 0 Å². The molecule has 0 spiro atoms. The molecular formula is C24H28N4O. The molecule has 0 saturated carbocycles. The fourth-order valence-electron chi connectivity index (χ4n) is 4.26. The molecule has 3 heterocycles. The van der Waals surface area contributed by atoms with Gasteiger partial charge in [0.25, 0.3) is 0 Å². The van der Waals surface area contributed by atoms with Crippen LogP contribution in [0, 0.1) is 5.92 Å². The molecule has 3 aromatic rings. The molecular weight excluding hydrogens is 360 g/mol. The summed E-state index contributed by atoms with van der Waals surface area (Å²) in [7, 11) is 0. The van der Waals surface area contributed by atoms with Crippen molar-refractivity contribution >= 4 is 22.3 Å². The molecule has 1 saturated heterocycles. The van der Waals surface area contributed by atoms with E-state index < -0.39 is 0 Å². The molecule has 0 atom stereocenters. The van der Waals surface area contributed by atoms with Gasteiger partial charge in [0.05, 0.1) is 16.9 Å². The Morgan fingerprint density at radius 3 is 2.66 bits per heavy atom. The Balaban J connectivity index is 1.59. The molecule has 1 aliphatic heterocycles. The SMILES string of the molecule is C=C(NO)c1cc(-c2ccc(N3CCC(CCC)CC3)cc2)nc2ccncc12. The summed E-state index contributed by atoms with van der Waals surface area (Å²) in [6.45, 7) is 8.45. The van der Waals surface area contributed by atoms with Crippen molar-refractivity contribution in [1.29, 1.82) is 0 Å². The molecule has 29 heavy (non-hydrogen) atoms. The number of pyridine rings is 2. The van der Waals surface area contributed by atoms with Crippen molar-refractivity contribution < 1.29 is 5.21 Å². The van der Waals surface area contributed by atoms with Crippen molar-refractivity contribution in [2.75, 3.05) is 18.0 Å². The average molecular weight is 389 g/mol. The summed E-state index contributed by atoms with van der Waals surface area (Å²) in [6.07, 6.45) is 8.68. The van der Waals surface area contributed by atoms with Gasteiger partial charge >= 0.3 is 0 Å². The number of nitrogens with one attached hydrogen (secondary N) is 1. The molecule has 1 aliphatic rings. The van der Waals surface area contributed by atoms with Crippen molar-refractivity contribution in [3.05, 3.63) is 60.9 Å². The number of rotatable bonds is 6. The molecule has 0 amide bonds. The van der Waals surface area contributed by atoms with Gasteiger partial charge in [-0.1, -0.05) is 38.5 Å². The van der Waals surface area contributed by atoms with Crippen molar-refractivity contribution in [3.8, 4) is 11.3 Å². The summed E-state index contributed by atoms with van der Waals surface area (Å²) in [4.78, 5) is 11.5. The second-order valence-corrected chi connectivity index (χ2v) is 7.80. The number of piperidine rings is 1. The number of fused-ring (bicyclic) bond motifs is 1. The molecule has 2 aromatic heterocycles. The van der Waals surface area contributed by atoms with Gasteiger partial charge in [-0.15, -0.1) is 0 Å². The largest absolute Gasteiger partial charge is 0.372 e. The molecule has 5 nitrogen and oxygen atoms in total. The van der Waals surface area contributed by atoms with E-state index in [4.69, 9.17) is 4.98 Å². The number of nitrogens with zero attached hydrogens (tertiary/aromatic N) is 3. The molecule has 2 N–H and O–H groups in total. The molecule has 0 aliphatic carbocycles. The normalized spacial score (nSPS) is 14.9. The molecule has 0 unspecified atom stereocenters. The fourth-order valence-corrected chi connectivity index (χ4v) is 4.26. The van der Waals surface area contributed by atoms with E-state index in [2.05, 4.69) is 53.1 Å². The Labute approximate surface area is 172 Å². The number of hydrogen-bond acceptors (Lipinski definition) is 5. The first-order valence-corrected chi connectivity index (χ1v) is 10.4. The highest BCUT2D eigenvalue weighted by atomic mass is 16.5. The van der Waals surface area contributed by atoms with E-state index in [1.165, 1.54) is 31.4 Å². The van der Waals surface area contributed by atoms with Gasteiger partial charge in [0.2, 0.25) is 0 Å². The van der Waals surface area contributed by atoms with E-state index in [-0.39, 0.29) is 0 Å². The number of anilines is 1. The maximum atomic E-state index is 9.35. The summed E-state index contributed by atoms with van der Waals surface area (Å²) in [5.74, 6) is 0.887. The number of aromatic nitrogens is 2. The van der Waals surface area contributed by atoms with Crippen LogP contribution in [0.5, 0.6) is 0 Å². The van der Waals surface area contributed by atoms with Gasteiger partial charge in [-0.2, -0.15) is 0 Å². The highest BCUT2D eigenvalue weighted by Crippen LogP contribution is 2.30. The Morgan fingerprint density at radius 2 is 1.97 bits per heavy atom. The van der Waals surface area contributed by atoms with Crippen LogP contribution in [0.4, 0.5) is 5.69 Å². The van der Waals surface area contributed by atoms with E-state index in [0.717, 1.165) is 46.7 Å². The summed E-state index contributed by atoms with van der Waals surface area (Å²) in [5, 5.41) is 10.2. The van der Waals surface area contributed by atoms with Crippen LogP contribution in [0.2, 0.25) is 0 Å². The van der Waals surface area contributed by atoms with E-state index >= 15 is 0 Å². The lowest BCUT2D eigenvalue weighted by Crippen LogP contribution is -2.33. The molecule has 0 bridgehead atoms. The number of benzene rings is 1. The smallest absolute Gasteiger partial charge is 0.0747 e. The second-order valence-electron chi connectivity index (χ2n) is 7.80. The average Bonchev–Trinajstić information content (AvgIpc) is 2.78. The fraction of sp³-hybridized carbons (Fsp3) is 0.333. The van der Waals surface area contributed by atoms with Crippen LogP contribution in [0.25, 0.3) is 27.9 Å². The Hall–Kier alpha value is -2.92. The van der Waals surface area contributed by atoms with Gasteiger partial charge < -0.3 is 4.90 Å². The molecule has 0 radical (unpaired) electrons. The minimum atomic E-state index is 0.429. The van der Waals surface area contributed by atoms with Gasteiger partial charge in [0, 0.05) is 47.7 Å². The maximum Gasteiger partial charge on any atom is 0.0747 e. The standard InChI is InChI=1S/C24H28N4O/c1-3-4-18-10-13-28(14-11-18)20-7-5-19(6-8-20)24-15-21(17(2)27-29)22-16-25-12-9-23(22)26-24/h5-9,12,15-16,18,27,29H,2-4,10-11,13-14H2,1H3. The summed E-state index contributed by atoms with van der Waals surface area (Å²) in [6, 6.07) is 12.4. The van der Waals surface area contributed by atoms with E-state index in [0.29, 0.717) is 5.70 Å². The van der Waals surface area contributed by atoms with Crippen LogP contribution >= 0.6 is 0 Å². The highest BCUT2D eigenvalue weighted by Gasteiger charge is 2.19. The second kappa shape index (κ2) is 8.62. The Morgan fingerprint density at radius 1 is 1.21 bits per heavy atom. The van der Waals surface area contributed by atoms with Crippen molar-refractivity contribution in [2.24, 2.45) is 5.92 Å². The first-order chi connectivity index (χ1) is 14.2. The van der Waals surface area contributed by atoms with Crippen molar-refractivity contribution in [3.63, 3.8) is 0 Å². The third-order valence-corrected chi connectivity index (χ3v) is 5.91. The van der Waals surface area contributed by atoms with Crippen molar-refractivity contribution in [2.45, 2.75) is 32.6 Å². The molecule has 4 rings (SSSR count). The van der Waals surface area contributed by atoms with E-state index in [9.17, 15) is 5.21 Å². The maximum absolute atomic E-state index is 9.35. The highest BCUT2D eigenvalue weighted by molar-refractivity contribution is 5.92. The minimum Gasteiger partial charge on any atom is -0.372 e. The summed E-state index contributed by atoms with van der Waals surface area (Å²) < 4.78 is 0. The van der Waals surface area contributed by atoms with Gasteiger partial charge in [-0.25, -0.2) is 4.98 Å². The molecule has 150 valence electrons. The van der Waals surface area contributed by atoms with Crippen molar-refractivity contribution in [1.82, 2.24) is 15.4 Å². The predicted molar refractivity (Wildman–Crippen MR) is 119 cm³/mol. The zero-order valence-corrected chi connectivity index (χ0v) is 16.9. The lowest BCUT2D eigenvalue weighted by Gasteiger charge is -2.33. The van der Waals surface area contributed by atoms with Gasteiger partial charge in [-0.3, -0.25) is 15.7 Å². The topological polar surface area (TPSA) is 61.3 Å². The number of hydrogen-bond donors (Lipinski definition) is 2. The zero-order chi connectivity index (χ0) is 20.2. The van der Waals surface area contributed by atoms with Gasteiger partial charge in [0.15, 0.2) is 0 Å². The van der Waals surface area contributed by atoms with Crippen LogP contribution in [0.3, 0.4) is 0 Å². The van der Waals surface area contributed by atoms with Crippen LogP contribution in [0.15, 0.2) is 55.4 Å². The minimum absolute atomic E-state index is 0.429. The molecule has 1 fully saturated rings. The van der Waals surface area contributed by atoms with Crippen LogP contribution in [-0.4, -0.2) is 28.3 Å². The third-order valence-electron chi connectivity index (χ3n) is 5.91. The van der Waals surface area contributed by atoms with E-state index in [1.54, 1.807) is 12.4 Å². The summed E-state index contributed by atoms with van der Waals surface area (Å²) in [5.41, 5.74) is 7.37. The molecule has 5 heteroatoms. The first kappa shape index (κ1) is 19.4. The Kier molecular flexibility index (Phi) is 5.76. The summed E-state index contributed by atoms with van der Waals surface area (Å²) >= 11 is 0. The van der Waals surface area contributed by atoms with Gasteiger partial charge in [-0.05, 0) is 43.0 Å². The zero-order valence-electron chi connectivity index (χ0n) is 16.9. The third kappa shape index (κ3) is 4.10. The van der Waals surface area contributed by atoms with Crippen LogP contribution < -0.4 is 10.4 Å². The monoisotopic (exact) mass is 388 g/mol. The molecule has 1 aromatic carbocycles. The first-order valence-electron chi connectivity index (χ1n) is 10.4. The number of hydroxylamine groups is 1. The van der Waals surface area contributed by atoms with Gasteiger partial charge in [0.1, 0.15) is 0 Å². The predicted octanol–water partition coefficient (Wildman–Crippen LogP) is 5.26. The van der Waals surface area contributed by atoms with E-state index in [1.807, 2.05) is 12.1 Å². The lowest BCUT2D eigenvalue weighted by atomic mass is 9.92.